The van der Waals surface area contributed by atoms with Crippen molar-refractivity contribution in [1.82, 2.24) is 19.7 Å². The van der Waals surface area contributed by atoms with Crippen molar-refractivity contribution in [3.63, 3.8) is 0 Å². The summed E-state index contributed by atoms with van der Waals surface area (Å²) in [5.41, 5.74) is 4.51. The fraction of sp³-hybridized carbons (Fsp3) is 0.348. The van der Waals surface area contributed by atoms with Crippen molar-refractivity contribution >= 4 is 23.8 Å². The Bertz CT molecular complexity index is 1080. The lowest BCUT2D eigenvalue weighted by Crippen LogP contribution is -2.31. The first-order valence-corrected chi connectivity index (χ1v) is 10.7. The first-order chi connectivity index (χ1) is 14.5. The topological polar surface area (TPSA) is 57.2 Å². The number of nitrogens with zero attached hydrogens (tertiary/aromatic N) is 4. The number of hydrogen-bond acceptors (Lipinski definition) is 4. The third-order valence-corrected chi connectivity index (χ3v) is 5.94. The maximum atomic E-state index is 13.0. The van der Waals surface area contributed by atoms with Crippen LogP contribution in [0.5, 0.6) is 0 Å². The molecule has 30 heavy (non-hydrogen) atoms. The number of carbonyl (C=O) groups excluding carboxylic acids is 1. The van der Waals surface area contributed by atoms with Gasteiger partial charge in [-0.2, -0.15) is 5.10 Å². The second kappa shape index (κ2) is 8.83. The molecule has 1 aliphatic rings. The number of amides is 1. The first kappa shape index (κ1) is 20.3. The lowest BCUT2D eigenvalue weighted by atomic mass is 10.1. The lowest BCUT2D eigenvalue weighted by molar-refractivity contribution is -0.131. The van der Waals surface area contributed by atoms with E-state index in [1.165, 1.54) is 29.7 Å². The molecule has 7 heteroatoms. The molecule has 1 saturated heterocycles. The zero-order chi connectivity index (χ0) is 21.1. The Hall–Kier alpha value is -2.93. The number of likely N-dealkylation sites (N-methyl/N-ethyl adjacent to an activating group) is 1. The Balaban J connectivity index is 1.51. The van der Waals surface area contributed by atoms with Crippen LogP contribution >= 0.6 is 12.2 Å². The molecule has 1 aliphatic heterocycles. The maximum Gasteiger partial charge on any atom is 0.242 e. The zero-order valence-corrected chi connectivity index (χ0v) is 18.3. The molecule has 3 aromatic rings. The molecule has 1 N–H and O–H groups in total. The minimum atomic E-state index is -0.00270. The van der Waals surface area contributed by atoms with Crippen LogP contribution in [0.4, 0.5) is 5.69 Å². The third-order valence-electron chi connectivity index (χ3n) is 5.63. The Morgan fingerprint density at radius 2 is 1.83 bits per heavy atom. The van der Waals surface area contributed by atoms with E-state index in [2.05, 4.69) is 33.3 Å². The smallest absolute Gasteiger partial charge is 0.242 e. The fourth-order valence-electron chi connectivity index (χ4n) is 3.90. The van der Waals surface area contributed by atoms with Crippen molar-refractivity contribution < 1.29 is 4.79 Å². The van der Waals surface area contributed by atoms with Crippen molar-refractivity contribution in [3.05, 3.63) is 64.4 Å². The van der Waals surface area contributed by atoms with Gasteiger partial charge in [0, 0.05) is 37.9 Å². The van der Waals surface area contributed by atoms with Crippen LogP contribution in [0.25, 0.3) is 11.4 Å². The van der Waals surface area contributed by atoms with Gasteiger partial charge < -0.3 is 9.80 Å². The van der Waals surface area contributed by atoms with E-state index in [9.17, 15) is 4.79 Å². The third kappa shape index (κ3) is 4.31. The van der Waals surface area contributed by atoms with Crippen LogP contribution in [0.2, 0.25) is 0 Å². The predicted octanol–water partition coefficient (Wildman–Crippen LogP) is 4.17. The van der Waals surface area contributed by atoms with Crippen molar-refractivity contribution in [2.75, 3.05) is 25.0 Å². The SMILES string of the molecule is Cc1ccc(-c2n[nH]c(=S)n2CC(=O)N(C)Cc2ccccc2N2CCCC2)cc1. The molecule has 6 nitrogen and oxygen atoms in total. The molecule has 0 aliphatic carbocycles. The molecular formula is C23H27N5OS. The molecule has 0 unspecified atom stereocenters. The molecule has 2 heterocycles. The molecule has 0 saturated carbocycles. The van der Waals surface area contributed by atoms with Gasteiger partial charge >= 0.3 is 0 Å². The number of rotatable bonds is 6. The molecule has 0 atom stereocenters. The Kier molecular flexibility index (Phi) is 5.99. The van der Waals surface area contributed by atoms with Crippen LogP contribution in [0.1, 0.15) is 24.0 Å². The summed E-state index contributed by atoms with van der Waals surface area (Å²) in [6, 6.07) is 16.4. The highest BCUT2D eigenvalue weighted by molar-refractivity contribution is 7.71. The van der Waals surface area contributed by atoms with Gasteiger partial charge in [-0.25, -0.2) is 0 Å². The van der Waals surface area contributed by atoms with Gasteiger partial charge in [-0.05, 0) is 43.6 Å². The number of H-pyrrole nitrogens is 1. The lowest BCUT2D eigenvalue weighted by Gasteiger charge is -2.24. The molecule has 156 valence electrons. The van der Waals surface area contributed by atoms with Crippen LogP contribution in [-0.4, -0.2) is 45.7 Å². The average molecular weight is 422 g/mol. The van der Waals surface area contributed by atoms with E-state index in [4.69, 9.17) is 12.2 Å². The van der Waals surface area contributed by atoms with Crippen LogP contribution in [0.3, 0.4) is 0 Å². The van der Waals surface area contributed by atoms with Gasteiger partial charge in [-0.3, -0.25) is 14.5 Å². The van der Waals surface area contributed by atoms with E-state index in [1.54, 1.807) is 9.47 Å². The number of nitrogens with one attached hydrogen (secondary N) is 1. The van der Waals surface area contributed by atoms with Gasteiger partial charge in [0.15, 0.2) is 10.6 Å². The Morgan fingerprint density at radius 1 is 1.13 bits per heavy atom. The van der Waals surface area contributed by atoms with E-state index in [1.807, 2.05) is 44.3 Å². The second-order valence-electron chi connectivity index (χ2n) is 7.88. The first-order valence-electron chi connectivity index (χ1n) is 10.3. The van der Waals surface area contributed by atoms with Crippen LogP contribution in [-0.2, 0) is 17.9 Å². The summed E-state index contributed by atoms with van der Waals surface area (Å²) in [4.78, 5) is 17.2. The maximum absolute atomic E-state index is 13.0. The molecule has 2 aromatic carbocycles. The van der Waals surface area contributed by atoms with E-state index in [0.29, 0.717) is 17.1 Å². The summed E-state index contributed by atoms with van der Waals surface area (Å²) >= 11 is 5.39. The average Bonchev–Trinajstić information content (AvgIpc) is 3.40. The number of aromatic nitrogens is 3. The quantitative estimate of drug-likeness (QED) is 0.607. The molecule has 1 amide bonds. The monoisotopic (exact) mass is 421 g/mol. The van der Waals surface area contributed by atoms with Crippen LogP contribution < -0.4 is 4.90 Å². The fourth-order valence-corrected chi connectivity index (χ4v) is 4.09. The standard InChI is InChI=1S/C23H27N5OS/c1-17-9-11-18(12-10-17)22-24-25-23(30)28(22)16-21(29)26(2)15-19-7-3-4-8-20(19)27-13-5-6-14-27/h3-4,7-12H,5-6,13-16H2,1-2H3,(H,25,30). The number of para-hydroxylation sites is 1. The van der Waals surface area contributed by atoms with Gasteiger partial charge in [0.05, 0.1) is 0 Å². The van der Waals surface area contributed by atoms with Crippen molar-refractivity contribution in [3.8, 4) is 11.4 Å². The van der Waals surface area contributed by atoms with Crippen molar-refractivity contribution in [2.45, 2.75) is 32.9 Å². The van der Waals surface area contributed by atoms with Crippen molar-refractivity contribution in [1.29, 1.82) is 0 Å². The molecule has 1 fully saturated rings. The number of aryl methyl sites for hydroxylation is 1. The number of anilines is 1. The highest BCUT2D eigenvalue weighted by Crippen LogP contribution is 2.25. The molecule has 4 rings (SSSR count). The minimum absolute atomic E-state index is 0.00270. The molecular weight excluding hydrogens is 394 g/mol. The van der Waals surface area contributed by atoms with E-state index >= 15 is 0 Å². The minimum Gasteiger partial charge on any atom is -0.371 e. The van der Waals surface area contributed by atoms with Gasteiger partial charge in [0.2, 0.25) is 5.91 Å². The predicted molar refractivity (Wildman–Crippen MR) is 122 cm³/mol. The zero-order valence-electron chi connectivity index (χ0n) is 17.5. The summed E-state index contributed by atoms with van der Waals surface area (Å²) in [7, 11) is 1.85. The van der Waals surface area contributed by atoms with Gasteiger partial charge in [-0.1, -0.05) is 48.0 Å². The highest BCUT2D eigenvalue weighted by Gasteiger charge is 2.19. The number of benzene rings is 2. The number of aromatic amines is 1. The summed E-state index contributed by atoms with van der Waals surface area (Å²) < 4.78 is 2.22. The van der Waals surface area contributed by atoms with Gasteiger partial charge in [0.1, 0.15) is 6.54 Å². The molecule has 1 aromatic heterocycles. The Labute approximate surface area is 182 Å². The molecule has 0 bridgehead atoms. The van der Waals surface area contributed by atoms with Gasteiger partial charge in [-0.15, -0.1) is 0 Å². The highest BCUT2D eigenvalue weighted by atomic mass is 32.1. The summed E-state index contributed by atoms with van der Waals surface area (Å²) in [5, 5.41) is 7.18. The summed E-state index contributed by atoms with van der Waals surface area (Å²) in [5.74, 6) is 0.677. The van der Waals surface area contributed by atoms with Crippen LogP contribution in [0, 0.1) is 11.7 Å². The van der Waals surface area contributed by atoms with E-state index in [-0.39, 0.29) is 12.5 Å². The van der Waals surface area contributed by atoms with E-state index < -0.39 is 0 Å². The van der Waals surface area contributed by atoms with Crippen LogP contribution in [0.15, 0.2) is 48.5 Å². The van der Waals surface area contributed by atoms with Crippen molar-refractivity contribution in [2.24, 2.45) is 0 Å². The number of hydrogen-bond donors (Lipinski definition) is 1. The summed E-state index contributed by atoms with van der Waals surface area (Å²) in [6.45, 7) is 4.92. The molecule has 0 spiro atoms. The molecule has 0 radical (unpaired) electrons. The number of carbonyl (C=O) groups is 1. The van der Waals surface area contributed by atoms with Gasteiger partial charge in [0.25, 0.3) is 0 Å². The Morgan fingerprint density at radius 3 is 2.57 bits per heavy atom. The second-order valence-corrected chi connectivity index (χ2v) is 8.26. The normalized spacial score (nSPS) is 13.6. The van der Waals surface area contributed by atoms with E-state index in [0.717, 1.165) is 18.7 Å². The largest absolute Gasteiger partial charge is 0.371 e. The summed E-state index contributed by atoms with van der Waals surface area (Å²) in [6.07, 6.45) is 2.45.